The van der Waals surface area contributed by atoms with Gasteiger partial charge in [-0.3, -0.25) is 19.6 Å². The molecular formula is C34H34Cl4N12O3. The van der Waals surface area contributed by atoms with Gasteiger partial charge in [-0.25, -0.2) is 19.9 Å². The zero-order valence-electron chi connectivity index (χ0n) is 28.6. The molecule has 2 aliphatic rings. The number of amides is 2. The van der Waals surface area contributed by atoms with E-state index in [0.29, 0.717) is 118 Å². The summed E-state index contributed by atoms with van der Waals surface area (Å²) in [6.07, 6.45) is 4.06. The third-order valence-corrected chi connectivity index (χ3v) is 9.51. The lowest BCUT2D eigenvalue weighted by molar-refractivity contribution is 0.0966. The molecule has 0 spiro atoms. The van der Waals surface area contributed by atoms with Crippen LogP contribution >= 0.6 is 46.4 Å². The van der Waals surface area contributed by atoms with Crippen LogP contribution in [0.25, 0.3) is 0 Å². The lowest BCUT2D eigenvalue weighted by Gasteiger charge is -2.13. The van der Waals surface area contributed by atoms with Crippen molar-refractivity contribution >= 4 is 93.2 Å². The van der Waals surface area contributed by atoms with Gasteiger partial charge in [-0.1, -0.05) is 46.4 Å². The first-order valence-electron chi connectivity index (χ1n) is 16.5. The predicted molar refractivity (Wildman–Crippen MR) is 208 cm³/mol. The number of aryl methyl sites for hydroxylation is 2. The van der Waals surface area contributed by atoms with E-state index in [4.69, 9.17) is 51.1 Å². The van der Waals surface area contributed by atoms with Crippen LogP contribution in [0.1, 0.15) is 44.9 Å². The molecule has 2 amide bonds. The van der Waals surface area contributed by atoms with E-state index in [1.54, 1.807) is 48.1 Å². The Balaban J connectivity index is 0.885. The number of amidine groups is 2. The Hall–Kier alpha value is -4.80. The fourth-order valence-corrected chi connectivity index (χ4v) is 5.86. The van der Waals surface area contributed by atoms with Gasteiger partial charge in [0.2, 0.25) is 11.9 Å². The van der Waals surface area contributed by atoms with Crippen LogP contribution in [0, 0.1) is 13.8 Å². The van der Waals surface area contributed by atoms with Gasteiger partial charge in [0.15, 0.2) is 0 Å². The highest BCUT2D eigenvalue weighted by Gasteiger charge is 2.22. The summed E-state index contributed by atoms with van der Waals surface area (Å²) in [5, 5.41) is 26.1. The Morgan fingerprint density at radius 2 is 1.11 bits per heavy atom. The van der Waals surface area contributed by atoms with E-state index in [-0.39, 0.29) is 11.8 Å². The van der Waals surface area contributed by atoms with Gasteiger partial charge >= 0.3 is 0 Å². The Kier molecular flexibility index (Phi) is 12.4. The summed E-state index contributed by atoms with van der Waals surface area (Å²) in [6, 6.07) is 10.5. The molecule has 0 aliphatic carbocycles. The van der Waals surface area contributed by atoms with Crippen LogP contribution in [-0.2, 0) is 4.74 Å². The number of rotatable bonds is 12. The van der Waals surface area contributed by atoms with Crippen molar-refractivity contribution in [1.29, 1.82) is 0 Å². The Bertz CT molecular complexity index is 1940. The van der Waals surface area contributed by atoms with E-state index in [9.17, 15) is 9.59 Å². The van der Waals surface area contributed by atoms with Gasteiger partial charge in [-0.2, -0.15) is 10.2 Å². The molecule has 19 heteroatoms. The highest BCUT2D eigenvalue weighted by molar-refractivity contribution is 6.42. The van der Waals surface area contributed by atoms with Crippen LogP contribution in [0.15, 0.2) is 59.0 Å². The van der Waals surface area contributed by atoms with Gasteiger partial charge in [-0.15, -0.1) is 0 Å². The fourth-order valence-electron chi connectivity index (χ4n) is 5.27. The van der Waals surface area contributed by atoms with Crippen LogP contribution in [-0.4, -0.2) is 82.8 Å². The average molecular weight is 801 g/mol. The van der Waals surface area contributed by atoms with E-state index < -0.39 is 0 Å². The number of nitrogens with zero attached hydrogens (tertiary/aromatic N) is 8. The third kappa shape index (κ3) is 9.80. The zero-order chi connectivity index (χ0) is 37.5. The SMILES string of the molecule is Cc1nc(NCCOCCNc2ncc(C(=O)NC3=NN(c4ccc(Cl)c(Cl)c4)CC3)c(C)n2)ncc1C(=O)NC1=NN(c2ccc(Cl)c(Cl)c2)CC1. The number of halogens is 4. The van der Waals surface area contributed by atoms with E-state index in [1.165, 1.54) is 12.4 Å². The number of carbonyl (C=O) groups excluding carboxylic acids is 2. The Morgan fingerprint density at radius 1 is 0.679 bits per heavy atom. The van der Waals surface area contributed by atoms with E-state index in [1.807, 2.05) is 12.1 Å². The van der Waals surface area contributed by atoms with E-state index >= 15 is 0 Å². The number of benzene rings is 2. The molecule has 15 nitrogen and oxygen atoms in total. The quantitative estimate of drug-likeness (QED) is 0.125. The van der Waals surface area contributed by atoms with Crippen molar-refractivity contribution in [1.82, 2.24) is 30.6 Å². The predicted octanol–water partition coefficient (Wildman–Crippen LogP) is 5.94. The number of carbonyl (C=O) groups is 2. The van der Waals surface area contributed by atoms with Gasteiger partial charge in [-0.05, 0) is 50.2 Å². The summed E-state index contributed by atoms with van der Waals surface area (Å²) in [5.74, 6) is 1.12. The molecule has 2 aromatic heterocycles. The number of hydrogen-bond donors (Lipinski definition) is 4. The standard InChI is InChI=1S/C34H34Cl4N12O3/c1-19-23(31(51)45-29-7-11-49(47-29)21-3-5-25(35)27(37)15-21)17-41-33(43-19)39-9-13-53-14-10-40-34-42-18-24(20(2)44-34)32(52)46-30-8-12-50(48-30)22-4-6-26(36)28(38)16-22/h3-6,15-18H,7-14H2,1-2H3,(H,39,41,43)(H,40,42,44)(H,45,47,51)(H,46,48,52). The summed E-state index contributed by atoms with van der Waals surface area (Å²) < 4.78 is 5.69. The number of nitrogens with one attached hydrogen (secondary N) is 4. The molecule has 0 fully saturated rings. The number of hydrazone groups is 2. The van der Waals surface area contributed by atoms with Crippen molar-refractivity contribution < 1.29 is 14.3 Å². The smallest absolute Gasteiger partial charge is 0.260 e. The molecule has 2 aliphatic heterocycles. The van der Waals surface area contributed by atoms with Crippen molar-refractivity contribution in [3.63, 3.8) is 0 Å². The lowest BCUT2D eigenvalue weighted by Crippen LogP contribution is -2.30. The summed E-state index contributed by atoms with van der Waals surface area (Å²) in [7, 11) is 0. The molecule has 53 heavy (non-hydrogen) atoms. The van der Waals surface area contributed by atoms with Crippen molar-refractivity contribution in [3.8, 4) is 0 Å². The van der Waals surface area contributed by atoms with Crippen LogP contribution in [0.3, 0.4) is 0 Å². The first-order chi connectivity index (χ1) is 25.5. The van der Waals surface area contributed by atoms with Gasteiger partial charge in [0.1, 0.15) is 11.7 Å². The van der Waals surface area contributed by atoms with Crippen LogP contribution in [0.2, 0.25) is 20.1 Å². The zero-order valence-corrected chi connectivity index (χ0v) is 31.6. The second-order valence-corrected chi connectivity index (χ2v) is 13.4. The van der Waals surface area contributed by atoms with Crippen molar-refractivity contribution in [2.45, 2.75) is 26.7 Å². The molecule has 0 atom stereocenters. The maximum absolute atomic E-state index is 12.9. The summed E-state index contributed by atoms with van der Waals surface area (Å²) in [6.45, 7) is 6.31. The largest absolute Gasteiger partial charge is 0.378 e. The molecule has 2 aromatic carbocycles. The van der Waals surface area contributed by atoms with Crippen molar-refractivity contribution in [2.75, 3.05) is 60.0 Å². The molecule has 0 saturated carbocycles. The minimum absolute atomic E-state index is 0.343. The van der Waals surface area contributed by atoms with E-state index in [0.717, 1.165) is 11.4 Å². The van der Waals surface area contributed by atoms with Crippen molar-refractivity contribution in [3.05, 3.63) is 91.4 Å². The molecular weight excluding hydrogens is 766 g/mol. The number of aromatic nitrogens is 4. The first-order valence-corrected chi connectivity index (χ1v) is 18.0. The van der Waals surface area contributed by atoms with Crippen LogP contribution in [0.4, 0.5) is 23.3 Å². The first kappa shape index (κ1) is 37.9. The molecule has 4 heterocycles. The van der Waals surface area contributed by atoms with Gasteiger partial charge < -0.3 is 26.0 Å². The third-order valence-electron chi connectivity index (χ3n) is 8.03. The fraction of sp³-hybridized carbons (Fsp3) is 0.294. The Morgan fingerprint density at radius 3 is 1.51 bits per heavy atom. The summed E-state index contributed by atoms with van der Waals surface area (Å²) >= 11 is 24.3. The average Bonchev–Trinajstić information content (AvgIpc) is 3.80. The Labute approximate surface area is 325 Å². The molecule has 276 valence electrons. The monoisotopic (exact) mass is 798 g/mol. The number of anilines is 4. The van der Waals surface area contributed by atoms with Crippen molar-refractivity contribution in [2.24, 2.45) is 10.2 Å². The van der Waals surface area contributed by atoms with Gasteiger partial charge in [0.25, 0.3) is 11.8 Å². The lowest BCUT2D eigenvalue weighted by atomic mass is 10.2. The molecule has 0 saturated heterocycles. The summed E-state index contributed by atoms with van der Waals surface area (Å²) in [4.78, 5) is 43.2. The highest BCUT2D eigenvalue weighted by atomic mass is 35.5. The minimum atomic E-state index is -0.343. The normalized spacial score (nSPS) is 13.8. The highest BCUT2D eigenvalue weighted by Crippen LogP contribution is 2.30. The summed E-state index contributed by atoms with van der Waals surface area (Å²) in [5.41, 5.74) is 3.28. The molecule has 0 radical (unpaired) electrons. The van der Waals surface area contributed by atoms with Gasteiger partial charge in [0.05, 0.1) is 67.2 Å². The minimum Gasteiger partial charge on any atom is -0.378 e. The van der Waals surface area contributed by atoms with Crippen LogP contribution in [0.5, 0.6) is 0 Å². The maximum atomic E-state index is 12.9. The topological polar surface area (TPSA) is 174 Å². The second-order valence-electron chi connectivity index (χ2n) is 11.8. The molecule has 4 N–H and O–H groups in total. The second kappa shape index (κ2) is 17.4. The van der Waals surface area contributed by atoms with Gasteiger partial charge in [0, 0.05) is 51.4 Å². The van der Waals surface area contributed by atoms with E-state index in [2.05, 4.69) is 51.4 Å². The number of hydrogen-bond acceptors (Lipinski definition) is 13. The molecule has 0 unspecified atom stereocenters. The van der Waals surface area contributed by atoms with Crippen LogP contribution < -0.4 is 31.3 Å². The molecule has 6 rings (SSSR count). The molecule has 0 bridgehead atoms. The molecule has 4 aromatic rings. The maximum Gasteiger partial charge on any atom is 0.260 e. The number of ether oxygens (including phenoxy) is 1.